The summed E-state index contributed by atoms with van der Waals surface area (Å²) in [5, 5.41) is 0. The summed E-state index contributed by atoms with van der Waals surface area (Å²) in [6, 6.07) is 0. The SMILES string of the molecule is CN(SN(C)C(=O)OCCCl)C(=O)F. The second kappa shape index (κ2) is 6.72. The molecule has 0 unspecified atom stereocenters. The average Bonchev–Trinajstić information content (AvgIpc) is 2.13. The predicted molar refractivity (Wildman–Crippen MR) is 51.7 cm³/mol. The molecule has 0 N–H and O–H groups in total. The molecule has 0 spiro atoms. The first-order valence-electron chi connectivity index (χ1n) is 3.56. The van der Waals surface area contributed by atoms with Crippen LogP contribution < -0.4 is 0 Å². The van der Waals surface area contributed by atoms with E-state index in [1.54, 1.807) is 0 Å². The van der Waals surface area contributed by atoms with Crippen molar-refractivity contribution >= 4 is 36.0 Å². The normalized spacial score (nSPS) is 9.43. The lowest BCUT2D eigenvalue weighted by atomic mass is 10.8. The van der Waals surface area contributed by atoms with Crippen molar-refractivity contribution < 1.29 is 18.7 Å². The van der Waals surface area contributed by atoms with E-state index in [9.17, 15) is 14.0 Å². The lowest BCUT2D eigenvalue weighted by molar-refractivity contribution is 0.138. The Bertz CT molecular complexity index is 219. The topological polar surface area (TPSA) is 49.9 Å². The standard InChI is InChI=1S/C6H10ClFN2O3S/c1-9(5(8)11)14-10(2)6(12)13-4-3-7/h3-4H2,1-2H3. The number of carbonyl (C=O) groups is 2. The summed E-state index contributed by atoms with van der Waals surface area (Å²) in [6.07, 6.45) is -2.34. The summed E-state index contributed by atoms with van der Waals surface area (Å²) in [5.41, 5.74) is 0. The summed E-state index contributed by atoms with van der Waals surface area (Å²) >= 11 is 5.87. The van der Waals surface area contributed by atoms with Crippen molar-refractivity contribution in [3.05, 3.63) is 0 Å². The Balaban J connectivity index is 3.88. The van der Waals surface area contributed by atoms with Crippen molar-refractivity contribution in [3.8, 4) is 0 Å². The first-order chi connectivity index (χ1) is 6.49. The Hall–Kier alpha value is -0.690. The number of carbonyl (C=O) groups excluding carboxylic acids is 2. The number of amides is 2. The van der Waals surface area contributed by atoms with Crippen molar-refractivity contribution in [2.45, 2.75) is 0 Å². The van der Waals surface area contributed by atoms with Gasteiger partial charge in [-0.2, -0.15) is 0 Å². The van der Waals surface area contributed by atoms with Gasteiger partial charge in [0.2, 0.25) is 0 Å². The second-order valence-electron chi connectivity index (χ2n) is 2.13. The van der Waals surface area contributed by atoms with Crippen LogP contribution in [-0.2, 0) is 4.74 Å². The third-order valence-corrected chi connectivity index (χ3v) is 1.99. The van der Waals surface area contributed by atoms with Gasteiger partial charge >= 0.3 is 12.3 Å². The molecule has 0 fully saturated rings. The molecule has 0 aliphatic rings. The number of hydrogen-bond donors (Lipinski definition) is 0. The molecular formula is C6H10ClFN2O3S. The van der Waals surface area contributed by atoms with Crippen molar-refractivity contribution in [2.24, 2.45) is 0 Å². The van der Waals surface area contributed by atoms with E-state index in [1.165, 1.54) is 14.1 Å². The van der Waals surface area contributed by atoms with Gasteiger partial charge in [0.1, 0.15) is 6.61 Å². The quantitative estimate of drug-likeness (QED) is 0.328. The molecule has 8 heteroatoms. The van der Waals surface area contributed by atoms with E-state index in [0.717, 1.165) is 4.31 Å². The fourth-order valence-corrected chi connectivity index (χ4v) is 1.09. The van der Waals surface area contributed by atoms with Gasteiger partial charge in [0.05, 0.1) is 18.0 Å². The van der Waals surface area contributed by atoms with Gasteiger partial charge in [0, 0.05) is 14.1 Å². The fraction of sp³-hybridized carbons (Fsp3) is 0.667. The summed E-state index contributed by atoms with van der Waals surface area (Å²) in [6.45, 7) is 0.0680. The Morgan fingerprint density at radius 1 is 1.43 bits per heavy atom. The molecule has 14 heavy (non-hydrogen) atoms. The Labute approximate surface area is 90.4 Å². The van der Waals surface area contributed by atoms with Crippen molar-refractivity contribution in [2.75, 3.05) is 26.6 Å². The molecule has 0 radical (unpaired) electrons. The minimum atomic E-state index is -1.65. The molecule has 82 valence electrons. The predicted octanol–water partition coefficient (Wildman–Crippen LogP) is 1.88. The van der Waals surface area contributed by atoms with Gasteiger partial charge in [-0.15, -0.1) is 16.0 Å². The highest BCUT2D eigenvalue weighted by atomic mass is 35.5. The third kappa shape index (κ3) is 5.13. The molecule has 5 nitrogen and oxygen atoms in total. The number of hydrogen-bond acceptors (Lipinski definition) is 4. The van der Waals surface area contributed by atoms with Crippen LogP contribution in [0.3, 0.4) is 0 Å². The van der Waals surface area contributed by atoms with E-state index in [0.29, 0.717) is 16.4 Å². The zero-order chi connectivity index (χ0) is 11.1. The zero-order valence-corrected chi connectivity index (χ0v) is 9.27. The van der Waals surface area contributed by atoms with Gasteiger partial charge in [-0.3, -0.25) is 0 Å². The highest BCUT2D eigenvalue weighted by molar-refractivity contribution is 7.95. The van der Waals surface area contributed by atoms with Gasteiger partial charge in [0.25, 0.3) is 0 Å². The van der Waals surface area contributed by atoms with Gasteiger partial charge in [-0.1, -0.05) is 0 Å². The molecule has 0 saturated carbocycles. The molecule has 0 aliphatic carbocycles. The lowest BCUT2D eigenvalue weighted by Crippen LogP contribution is -2.27. The summed E-state index contributed by atoms with van der Waals surface area (Å²) in [5.74, 6) is 0.183. The molecule has 0 saturated heterocycles. The van der Waals surface area contributed by atoms with E-state index in [4.69, 9.17) is 11.6 Å². The van der Waals surface area contributed by atoms with E-state index in [-0.39, 0.29) is 12.5 Å². The monoisotopic (exact) mass is 244 g/mol. The fourth-order valence-electron chi connectivity index (χ4n) is 0.466. The van der Waals surface area contributed by atoms with Crippen LogP contribution in [0.25, 0.3) is 0 Å². The maximum atomic E-state index is 12.0. The van der Waals surface area contributed by atoms with Crippen LogP contribution in [0.2, 0.25) is 0 Å². The van der Waals surface area contributed by atoms with Crippen LogP contribution in [-0.4, -0.2) is 47.4 Å². The lowest BCUT2D eigenvalue weighted by Gasteiger charge is -2.18. The molecule has 0 aromatic heterocycles. The first kappa shape index (κ1) is 13.3. The highest BCUT2D eigenvalue weighted by Gasteiger charge is 2.16. The van der Waals surface area contributed by atoms with E-state index >= 15 is 0 Å². The summed E-state index contributed by atoms with van der Waals surface area (Å²) < 4.78 is 18.3. The minimum absolute atomic E-state index is 0.0680. The van der Waals surface area contributed by atoms with Crippen molar-refractivity contribution in [1.82, 2.24) is 8.61 Å². The highest BCUT2D eigenvalue weighted by Crippen LogP contribution is 2.13. The van der Waals surface area contributed by atoms with Crippen LogP contribution in [0.4, 0.5) is 14.0 Å². The van der Waals surface area contributed by atoms with Crippen LogP contribution in [0, 0.1) is 0 Å². The Kier molecular flexibility index (Phi) is 6.39. The molecule has 2 amide bonds. The van der Waals surface area contributed by atoms with Crippen LogP contribution in [0.15, 0.2) is 0 Å². The largest absolute Gasteiger partial charge is 0.448 e. The number of nitrogens with zero attached hydrogens (tertiary/aromatic N) is 2. The number of alkyl halides is 1. The summed E-state index contributed by atoms with van der Waals surface area (Å²) in [7, 11) is 2.54. The van der Waals surface area contributed by atoms with E-state index in [1.807, 2.05) is 0 Å². The molecule has 0 atom stereocenters. The third-order valence-electron chi connectivity index (χ3n) is 1.05. The van der Waals surface area contributed by atoms with Crippen LogP contribution in [0.1, 0.15) is 0 Å². The molecule has 0 aromatic rings. The van der Waals surface area contributed by atoms with Gasteiger partial charge in [0.15, 0.2) is 0 Å². The molecular weight excluding hydrogens is 235 g/mol. The first-order valence-corrected chi connectivity index (χ1v) is 4.83. The van der Waals surface area contributed by atoms with E-state index in [2.05, 4.69) is 4.74 Å². The minimum Gasteiger partial charge on any atom is -0.448 e. The second-order valence-corrected chi connectivity index (χ2v) is 3.77. The number of rotatable bonds is 4. The van der Waals surface area contributed by atoms with E-state index < -0.39 is 12.3 Å². The molecule has 0 bridgehead atoms. The molecule has 0 aliphatic heterocycles. The van der Waals surface area contributed by atoms with Crippen molar-refractivity contribution in [3.63, 3.8) is 0 Å². The smallest absolute Gasteiger partial charge is 0.420 e. The van der Waals surface area contributed by atoms with Gasteiger partial charge < -0.3 is 4.74 Å². The average molecular weight is 245 g/mol. The molecule has 0 aromatic carbocycles. The molecule has 0 rings (SSSR count). The zero-order valence-electron chi connectivity index (χ0n) is 7.70. The Morgan fingerprint density at radius 2 is 2.00 bits per heavy atom. The Morgan fingerprint density at radius 3 is 2.43 bits per heavy atom. The number of ether oxygens (including phenoxy) is 1. The maximum absolute atomic E-state index is 12.0. The molecule has 0 heterocycles. The number of halogens is 2. The summed E-state index contributed by atoms with van der Waals surface area (Å²) in [4.78, 5) is 21.2. The van der Waals surface area contributed by atoms with Gasteiger partial charge in [-0.25, -0.2) is 18.2 Å². The maximum Gasteiger partial charge on any atom is 0.420 e. The van der Waals surface area contributed by atoms with Crippen LogP contribution >= 0.6 is 23.7 Å². The van der Waals surface area contributed by atoms with Crippen molar-refractivity contribution in [1.29, 1.82) is 0 Å². The van der Waals surface area contributed by atoms with Crippen LogP contribution in [0.5, 0.6) is 0 Å². The van der Waals surface area contributed by atoms with Gasteiger partial charge in [-0.05, 0) is 0 Å².